The minimum Gasteiger partial charge on any atom is -0.309 e. The molecule has 2 aromatic rings. The van der Waals surface area contributed by atoms with E-state index in [-0.39, 0.29) is 6.04 Å². The summed E-state index contributed by atoms with van der Waals surface area (Å²) in [6.45, 7) is 7.44. The van der Waals surface area contributed by atoms with Crippen LogP contribution in [0.1, 0.15) is 41.6 Å². The lowest BCUT2D eigenvalue weighted by Gasteiger charge is -2.18. The van der Waals surface area contributed by atoms with E-state index in [1.807, 2.05) is 17.9 Å². The van der Waals surface area contributed by atoms with Crippen LogP contribution in [-0.4, -0.2) is 16.8 Å². The molecule has 1 heterocycles. The average molecular weight is 257 g/mol. The number of aryl methyl sites for hydroxylation is 3. The highest BCUT2D eigenvalue weighted by Crippen LogP contribution is 2.25. The number of nitrogens with zero attached hydrogens (tertiary/aromatic N) is 2. The van der Waals surface area contributed by atoms with Gasteiger partial charge >= 0.3 is 0 Å². The van der Waals surface area contributed by atoms with Crippen LogP contribution in [0, 0.1) is 13.8 Å². The third-order valence-electron chi connectivity index (χ3n) is 3.46. The first-order chi connectivity index (χ1) is 9.15. The molecule has 1 aromatic carbocycles. The van der Waals surface area contributed by atoms with Crippen molar-refractivity contribution < 1.29 is 0 Å². The van der Waals surface area contributed by atoms with Crippen molar-refractivity contribution >= 4 is 0 Å². The summed E-state index contributed by atoms with van der Waals surface area (Å²) in [4.78, 5) is 0. The van der Waals surface area contributed by atoms with Crippen molar-refractivity contribution in [1.82, 2.24) is 15.1 Å². The standard InChI is InChI=1S/C16H23N3/c1-5-8-19-11-14(10-18-19)16(17-4)15-7-6-12(2)9-13(15)3/h6-7,9-11,16-17H,5,8H2,1-4H3. The molecule has 0 saturated heterocycles. The molecule has 102 valence electrons. The van der Waals surface area contributed by atoms with Crippen molar-refractivity contribution in [2.45, 2.75) is 39.8 Å². The summed E-state index contributed by atoms with van der Waals surface area (Å²) in [7, 11) is 2.00. The van der Waals surface area contributed by atoms with Gasteiger partial charge in [-0.1, -0.05) is 30.7 Å². The fourth-order valence-corrected chi connectivity index (χ4v) is 2.53. The number of benzene rings is 1. The number of nitrogens with one attached hydrogen (secondary N) is 1. The van der Waals surface area contributed by atoms with Crippen molar-refractivity contribution in [3.8, 4) is 0 Å². The quantitative estimate of drug-likeness (QED) is 0.891. The smallest absolute Gasteiger partial charge is 0.0608 e. The van der Waals surface area contributed by atoms with Gasteiger partial charge in [0, 0.05) is 18.3 Å². The van der Waals surface area contributed by atoms with Gasteiger partial charge < -0.3 is 5.32 Å². The zero-order valence-electron chi connectivity index (χ0n) is 12.3. The molecule has 0 amide bonds. The highest BCUT2D eigenvalue weighted by atomic mass is 15.3. The topological polar surface area (TPSA) is 29.9 Å². The molecule has 3 nitrogen and oxygen atoms in total. The van der Waals surface area contributed by atoms with Crippen molar-refractivity contribution in [2.75, 3.05) is 7.05 Å². The van der Waals surface area contributed by atoms with Gasteiger partial charge in [-0.3, -0.25) is 4.68 Å². The van der Waals surface area contributed by atoms with Crippen molar-refractivity contribution in [3.05, 3.63) is 52.8 Å². The number of hydrogen-bond acceptors (Lipinski definition) is 2. The number of hydrogen-bond donors (Lipinski definition) is 1. The van der Waals surface area contributed by atoms with E-state index in [9.17, 15) is 0 Å². The summed E-state index contributed by atoms with van der Waals surface area (Å²) in [5.41, 5.74) is 5.17. The highest BCUT2D eigenvalue weighted by molar-refractivity contribution is 5.37. The predicted octanol–water partition coefficient (Wildman–Crippen LogP) is 3.22. The minimum absolute atomic E-state index is 0.214. The first-order valence-corrected chi connectivity index (χ1v) is 6.92. The van der Waals surface area contributed by atoms with E-state index in [0.29, 0.717) is 0 Å². The van der Waals surface area contributed by atoms with Crippen LogP contribution in [0.15, 0.2) is 30.6 Å². The van der Waals surface area contributed by atoms with Crippen molar-refractivity contribution in [3.63, 3.8) is 0 Å². The first kappa shape index (κ1) is 13.8. The van der Waals surface area contributed by atoms with Crippen LogP contribution in [0.3, 0.4) is 0 Å². The summed E-state index contributed by atoms with van der Waals surface area (Å²) >= 11 is 0. The van der Waals surface area contributed by atoms with Gasteiger partial charge in [-0.2, -0.15) is 5.10 Å². The fraction of sp³-hybridized carbons (Fsp3) is 0.438. The Bertz CT molecular complexity index is 543. The molecule has 0 fully saturated rings. The molecule has 2 rings (SSSR count). The molecule has 1 unspecified atom stereocenters. The molecular weight excluding hydrogens is 234 g/mol. The summed E-state index contributed by atoms with van der Waals surface area (Å²) in [6.07, 6.45) is 5.22. The summed E-state index contributed by atoms with van der Waals surface area (Å²) < 4.78 is 2.02. The second-order valence-electron chi connectivity index (χ2n) is 5.12. The van der Waals surface area contributed by atoms with Crippen LogP contribution in [0.4, 0.5) is 0 Å². The Labute approximate surface area is 115 Å². The van der Waals surface area contributed by atoms with Gasteiger partial charge in [-0.05, 0) is 38.4 Å². The normalized spacial score (nSPS) is 12.6. The third kappa shape index (κ3) is 3.04. The Kier molecular flexibility index (Phi) is 4.38. The fourth-order valence-electron chi connectivity index (χ4n) is 2.53. The molecule has 0 aliphatic heterocycles. The first-order valence-electron chi connectivity index (χ1n) is 6.92. The number of aromatic nitrogens is 2. The zero-order valence-corrected chi connectivity index (χ0v) is 12.3. The van der Waals surface area contributed by atoms with Crippen molar-refractivity contribution in [2.24, 2.45) is 0 Å². The lowest BCUT2D eigenvalue weighted by atomic mass is 9.96. The third-order valence-corrected chi connectivity index (χ3v) is 3.46. The molecule has 0 radical (unpaired) electrons. The minimum atomic E-state index is 0.214. The second-order valence-corrected chi connectivity index (χ2v) is 5.12. The Hall–Kier alpha value is -1.61. The molecule has 0 bridgehead atoms. The van der Waals surface area contributed by atoms with Gasteiger partial charge in [0.1, 0.15) is 0 Å². The van der Waals surface area contributed by atoms with Gasteiger partial charge in [-0.15, -0.1) is 0 Å². The van der Waals surface area contributed by atoms with Gasteiger partial charge in [0.2, 0.25) is 0 Å². The Morgan fingerprint density at radius 1 is 1.32 bits per heavy atom. The lowest BCUT2D eigenvalue weighted by Crippen LogP contribution is -2.18. The highest BCUT2D eigenvalue weighted by Gasteiger charge is 2.15. The predicted molar refractivity (Wildman–Crippen MR) is 79.3 cm³/mol. The Balaban J connectivity index is 2.32. The van der Waals surface area contributed by atoms with Crippen LogP contribution in [-0.2, 0) is 6.54 Å². The van der Waals surface area contributed by atoms with Gasteiger partial charge in [-0.25, -0.2) is 0 Å². The molecule has 0 aliphatic carbocycles. The van der Waals surface area contributed by atoms with Gasteiger partial charge in [0.05, 0.1) is 12.2 Å². The SMILES string of the molecule is CCCn1cc(C(NC)c2ccc(C)cc2C)cn1. The molecule has 0 spiro atoms. The van der Waals surface area contributed by atoms with E-state index >= 15 is 0 Å². The Morgan fingerprint density at radius 2 is 2.11 bits per heavy atom. The maximum absolute atomic E-state index is 4.42. The van der Waals surface area contributed by atoms with Crippen LogP contribution in [0.25, 0.3) is 0 Å². The van der Waals surface area contributed by atoms with Crippen LogP contribution in [0.2, 0.25) is 0 Å². The van der Waals surface area contributed by atoms with Gasteiger partial charge in [0.15, 0.2) is 0 Å². The Morgan fingerprint density at radius 3 is 2.74 bits per heavy atom. The zero-order chi connectivity index (χ0) is 13.8. The van der Waals surface area contributed by atoms with E-state index in [1.54, 1.807) is 0 Å². The average Bonchev–Trinajstić information content (AvgIpc) is 2.82. The monoisotopic (exact) mass is 257 g/mol. The van der Waals surface area contributed by atoms with Gasteiger partial charge in [0.25, 0.3) is 0 Å². The van der Waals surface area contributed by atoms with E-state index in [2.05, 4.69) is 55.6 Å². The van der Waals surface area contributed by atoms with Crippen molar-refractivity contribution in [1.29, 1.82) is 0 Å². The van der Waals surface area contributed by atoms with Crippen LogP contribution < -0.4 is 5.32 Å². The summed E-state index contributed by atoms with van der Waals surface area (Å²) in [5, 5.41) is 7.82. The summed E-state index contributed by atoms with van der Waals surface area (Å²) in [6, 6.07) is 6.83. The lowest BCUT2D eigenvalue weighted by molar-refractivity contribution is 0.600. The number of rotatable bonds is 5. The van der Waals surface area contributed by atoms with E-state index in [1.165, 1.54) is 22.3 Å². The molecule has 3 heteroatoms. The second kappa shape index (κ2) is 6.02. The summed E-state index contributed by atoms with van der Waals surface area (Å²) in [5.74, 6) is 0. The molecule has 1 atom stereocenters. The largest absolute Gasteiger partial charge is 0.309 e. The van der Waals surface area contributed by atoms with E-state index in [0.717, 1.165) is 13.0 Å². The molecule has 19 heavy (non-hydrogen) atoms. The van der Waals surface area contributed by atoms with E-state index in [4.69, 9.17) is 0 Å². The molecule has 1 aromatic heterocycles. The molecular formula is C16H23N3. The molecule has 0 aliphatic rings. The maximum atomic E-state index is 4.42. The van der Waals surface area contributed by atoms with E-state index < -0.39 is 0 Å². The van der Waals surface area contributed by atoms with Crippen LogP contribution in [0.5, 0.6) is 0 Å². The maximum Gasteiger partial charge on any atom is 0.0608 e. The molecule has 1 N–H and O–H groups in total. The van der Waals surface area contributed by atoms with Crippen LogP contribution >= 0.6 is 0 Å². The molecule has 0 saturated carbocycles.